The predicted molar refractivity (Wildman–Crippen MR) is 85.2 cm³/mol. The number of rotatable bonds is 5. The normalized spacial score (nSPS) is 12.2. The summed E-state index contributed by atoms with van der Waals surface area (Å²) in [5.74, 6) is -6.22. The van der Waals surface area contributed by atoms with Crippen LogP contribution in [0.3, 0.4) is 0 Å². The van der Waals surface area contributed by atoms with E-state index in [1.165, 1.54) is 6.92 Å². The van der Waals surface area contributed by atoms with Crippen molar-refractivity contribution in [1.82, 2.24) is 5.16 Å². The highest BCUT2D eigenvalue weighted by Gasteiger charge is 2.27. The zero-order valence-corrected chi connectivity index (χ0v) is 14.5. The fraction of sp³-hybridized carbons (Fsp3) is 0.353. The minimum atomic E-state index is -1.71. The summed E-state index contributed by atoms with van der Waals surface area (Å²) in [4.78, 5) is 24.4. The maximum atomic E-state index is 13.6. The van der Waals surface area contributed by atoms with Gasteiger partial charge >= 0.3 is 5.97 Å². The van der Waals surface area contributed by atoms with Crippen LogP contribution < -0.4 is 5.32 Å². The molecule has 6 nitrogen and oxygen atoms in total. The molecule has 2 rings (SSSR count). The lowest BCUT2D eigenvalue weighted by Gasteiger charge is -2.14. The lowest BCUT2D eigenvalue weighted by Crippen LogP contribution is -2.30. The summed E-state index contributed by atoms with van der Waals surface area (Å²) >= 11 is 0. The van der Waals surface area contributed by atoms with Crippen LogP contribution in [0.4, 0.5) is 18.9 Å². The molecule has 1 N–H and O–H groups in total. The second kappa shape index (κ2) is 7.59. The van der Waals surface area contributed by atoms with Crippen LogP contribution in [-0.2, 0) is 9.53 Å². The fourth-order valence-corrected chi connectivity index (χ4v) is 2.16. The van der Waals surface area contributed by atoms with E-state index in [0.29, 0.717) is 17.5 Å². The van der Waals surface area contributed by atoms with Crippen LogP contribution in [0.2, 0.25) is 0 Å². The van der Waals surface area contributed by atoms with Gasteiger partial charge in [-0.15, -0.1) is 0 Å². The van der Waals surface area contributed by atoms with E-state index in [-0.39, 0.29) is 11.5 Å². The number of carbonyl (C=O) groups is 2. The second-order valence-corrected chi connectivity index (χ2v) is 5.92. The number of esters is 1. The number of benzene rings is 1. The van der Waals surface area contributed by atoms with Crippen LogP contribution in [0.1, 0.15) is 48.5 Å². The molecule has 0 saturated heterocycles. The van der Waals surface area contributed by atoms with E-state index in [0.717, 1.165) is 6.07 Å². The van der Waals surface area contributed by atoms with Crippen molar-refractivity contribution in [3.8, 4) is 0 Å². The fourth-order valence-electron chi connectivity index (χ4n) is 2.16. The number of hydrogen-bond donors (Lipinski definition) is 1. The Bertz CT molecular complexity index is 849. The largest absolute Gasteiger partial charge is 0.449 e. The highest BCUT2D eigenvalue weighted by atomic mass is 19.2. The highest BCUT2D eigenvalue weighted by molar-refractivity contribution is 5.98. The van der Waals surface area contributed by atoms with Gasteiger partial charge in [-0.05, 0) is 26.0 Å². The Kier molecular flexibility index (Phi) is 5.69. The van der Waals surface area contributed by atoms with Gasteiger partial charge in [0, 0.05) is 5.92 Å². The standard InChI is InChI=1S/C17H17F3N2O4/c1-7(2)15-12(8(3)22-26-15)17(24)25-9(4)16(23)21-11-6-5-10(18)13(19)14(11)20/h5-7,9H,1-4H3,(H,21,23)/t9-/m1/s1. The van der Waals surface area contributed by atoms with Crippen molar-refractivity contribution in [2.45, 2.75) is 39.7 Å². The molecule has 140 valence electrons. The van der Waals surface area contributed by atoms with E-state index in [4.69, 9.17) is 9.26 Å². The number of amides is 1. The summed E-state index contributed by atoms with van der Waals surface area (Å²) in [5.41, 5.74) is -0.155. The third kappa shape index (κ3) is 3.87. The zero-order chi connectivity index (χ0) is 19.6. The van der Waals surface area contributed by atoms with E-state index >= 15 is 0 Å². The van der Waals surface area contributed by atoms with Crippen molar-refractivity contribution in [2.24, 2.45) is 0 Å². The molecule has 9 heteroatoms. The first-order chi connectivity index (χ1) is 12.1. The van der Waals surface area contributed by atoms with Crippen molar-refractivity contribution in [3.05, 3.63) is 46.6 Å². The van der Waals surface area contributed by atoms with E-state index in [1.54, 1.807) is 20.8 Å². The predicted octanol–water partition coefficient (Wildman–Crippen LogP) is 3.71. The van der Waals surface area contributed by atoms with E-state index < -0.39 is 41.1 Å². The highest BCUT2D eigenvalue weighted by Crippen LogP contribution is 2.24. The summed E-state index contributed by atoms with van der Waals surface area (Å²) in [6.07, 6.45) is -1.33. The molecule has 0 bridgehead atoms. The van der Waals surface area contributed by atoms with E-state index in [1.807, 2.05) is 5.32 Å². The molecule has 0 saturated carbocycles. The minimum absolute atomic E-state index is 0.110. The molecular formula is C17H17F3N2O4. The number of halogens is 3. The van der Waals surface area contributed by atoms with E-state index in [2.05, 4.69) is 5.16 Å². The summed E-state index contributed by atoms with van der Waals surface area (Å²) < 4.78 is 49.9. The first-order valence-electron chi connectivity index (χ1n) is 7.75. The van der Waals surface area contributed by atoms with Gasteiger partial charge in [0.2, 0.25) is 0 Å². The Hall–Kier alpha value is -2.84. The average molecular weight is 370 g/mol. The summed E-state index contributed by atoms with van der Waals surface area (Å²) in [5, 5.41) is 5.75. The third-order valence-electron chi connectivity index (χ3n) is 3.56. The molecule has 0 aliphatic heterocycles. The molecule has 1 aromatic carbocycles. The maximum absolute atomic E-state index is 13.6. The molecule has 0 spiro atoms. The first-order valence-corrected chi connectivity index (χ1v) is 7.75. The molecule has 0 aliphatic rings. The van der Waals surface area contributed by atoms with Crippen LogP contribution in [0.25, 0.3) is 0 Å². The van der Waals surface area contributed by atoms with Crippen molar-refractivity contribution in [2.75, 3.05) is 5.32 Å². The van der Waals surface area contributed by atoms with Gasteiger partial charge < -0.3 is 14.6 Å². The van der Waals surface area contributed by atoms with Gasteiger partial charge in [-0.1, -0.05) is 19.0 Å². The number of aromatic nitrogens is 1. The lowest BCUT2D eigenvalue weighted by molar-refractivity contribution is -0.123. The molecule has 1 atom stereocenters. The number of nitrogens with zero attached hydrogens (tertiary/aromatic N) is 1. The molecule has 2 aromatic rings. The summed E-state index contributed by atoms with van der Waals surface area (Å²) in [6.45, 7) is 6.38. The van der Waals surface area contributed by atoms with Crippen LogP contribution in [0, 0.1) is 24.4 Å². The Balaban J connectivity index is 2.11. The van der Waals surface area contributed by atoms with Crippen LogP contribution in [-0.4, -0.2) is 23.1 Å². The van der Waals surface area contributed by atoms with E-state index in [9.17, 15) is 22.8 Å². The molecule has 1 heterocycles. The van der Waals surface area contributed by atoms with Gasteiger partial charge in [0.1, 0.15) is 5.56 Å². The van der Waals surface area contributed by atoms with Crippen LogP contribution >= 0.6 is 0 Å². The molecule has 1 aromatic heterocycles. The summed E-state index contributed by atoms with van der Waals surface area (Å²) in [6, 6.07) is 1.53. The first kappa shape index (κ1) is 19.5. The van der Waals surface area contributed by atoms with Gasteiger partial charge in [-0.25, -0.2) is 18.0 Å². The van der Waals surface area contributed by atoms with Gasteiger partial charge in [0.15, 0.2) is 29.3 Å². The molecular weight excluding hydrogens is 353 g/mol. The topological polar surface area (TPSA) is 81.4 Å². The van der Waals surface area contributed by atoms with Crippen molar-refractivity contribution >= 4 is 17.6 Å². The molecule has 1 amide bonds. The molecule has 0 fully saturated rings. The third-order valence-corrected chi connectivity index (χ3v) is 3.56. The number of hydrogen-bond acceptors (Lipinski definition) is 5. The Morgan fingerprint density at radius 2 is 1.81 bits per heavy atom. The Labute approximate surface area is 147 Å². The van der Waals surface area contributed by atoms with Crippen molar-refractivity contribution in [1.29, 1.82) is 0 Å². The number of aryl methyl sites for hydroxylation is 1. The molecule has 0 radical (unpaired) electrons. The zero-order valence-electron chi connectivity index (χ0n) is 14.5. The summed E-state index contributed by atoms with van der Waals surface area (Å²) in [7, 11) is 0. The van der Waals surface area contributed by atoms with Gasteiger partial charge in [-0.2, -0.15) is 0 Å². The number of nitrogens with one attached hydrogen (secondary N) is 1. The van der Waals surface area contributed by atoms with Crippen LogP contribution in [0.15, 0.2) is 16.7 Å². The molecule has 0 unspecified atom stereocenters. The van der Waals surface area contributed by atoms with Gasteiger partial charge in [-0.3, -0.25) is 4.79 Å². The van der Waals surface area contributed by atoms with Crippen molar-refractivity contribution < 1.29 is 32.0 Å². The SMILES string of the molecule is Cc1noc(C(C)C)c1C(=O)O[C@H](C)C(=O)Nc1ccc(F)c(F)c1F. The van der Waals surface area contributed by atoms with Gasteiger partial charge in [0.05, 0.1) is 11.4 Å². The molecule has 0 aliphatic carbocycles. The second-order valence-electron chi connectivity index (χ2n) is 5.92. The maximum Gasteiger partial charge on any atom is 0.344 e. The molecule has 26 heavy (non-hydrogen) atoms. The van der Waals surface area contributed by atoms with Gasteiger partial charge in [0.25, 0.3) is 5.91 Å². The Morgan fingerprint density at radius 1 is 1.15 bits per heavy atom. The smallest absolute Gasteiger partial charge is 0.344 e. The van der Waals surface area contributed by atoms with Crippen LogP contribution in [0.5, 0.6) is 0 Å². The Morgan fingerprint density at radius 3 is 2.42 bits per heavy atom. The van der Waals surface area contributed by atoms with Crippen molar-refractivity contribution in [3.63, 3.8) is 0 Å². The lowest BCUT2D eigenvalue weighted by atomic mass is 10.1. The number of anilines is 1. The number of ether oxygens (including phenoxy) is 1. The monoisotopic (exact) mass is 370 g/mol. The number of carbonyl (C=O) groups excluding carboxylic acids is 2. The quantitative estimate of drug-likeness (QED) is 0.641. The minimum Gasteiger partial charge on any atom is -0.449 e. The average Bonchev–Trinajstić information content (AvgIpc) is 2.97.